The first-order valence-electron chi connectivity index (χ1n) is 10.9. The second-order valence-electron chi connectivity index (χ2n) is 8.01. The molecule has 8 nitrogen and oxygen atoms in total. The van der Waals surface area contributed by atoms with Crippen LogP contribution < -0.4 is 10.1 Å². The number of furan rings is 1. The van der Waals surface area contributed by atoms with E-state index in [1.807, 2.05) is 31.2 Å². The lowest BCUT2D eigenvalue weighted by molar-refractivity contribution is 0.102. The zero-order chi connectivity index (χ0) is 23.9. The van der Waals surface area contributed by atoms with E-state index in [1.165, 1.54) is 39.9 Å². The SMILES string of the molecule is CCOc1ccc2oc(-c3csc(NC(=O)c4ccc(S(=O)(=O)N(C)C5CC5)cc4)n3)cc2c1. The summed E-state index contributed by atoms with van der Waals surface area (Å²) < 4.78 is 38.1. The number of rotatable bonds is 8. The molecule has 0 aliphatic heterocycles. The third-order valence-corrected chi connectivity index (χ3v) is 8.31. The highest BCUT2D eigenvalue weighted by Gasteiger charge is 2.35. The normalized spacial score (nSPS) is 14.0. The van der Waals surface area contributed by atoms with Gasteiger partial charge in [-0.2, -0.15) is 4.31 Å². The molecule has 1 fully saturated rings. The maximum Gasteiger partial charge on any atom is 0.257 e. The van der Waals surface area contributed by atoms with Crippen molar-refractivity contribution in [3.05, 3.63) is 59.5 Å². The number of aromatic nitrogens is 1. The summed E-state index contributed by atoms with van der Waals surface area (Å²) in [5, 5.41) is 5.89. The molecule has 0 radical (unpaired) electrons. The molecule has 4 aromatic rings. The fraction of sp³-hybridized carbons (Fsp3) is 0.250. The molecule has 0 spiro atoms. The van der Waals surface area contributed by atoms with E-state index in [0.717, 1.165) is 29.6 Å². The Bertz CT molecular complexity index is 1450. The second kappa shape index (κ2) is 8.86. The summed E-state index contributed by atoms with van der Waals surface area (Å²) in [6.07, 6.45) is 1.77. The van der Waals surface area contributed by atoms with Crippen LogP contribution in [0.1, 0.15) is 30.1 Å². The molecular weight excluding hydrogens is 474 g/mol. The van der Waals surface area contributed by atoms with Crippen LogP contribution >= 0.6 is 11.3 Å². The first-order chi connectivity index (χ1) is 16.3. The molecule has 5 rings (SSSR count). The Morgan fingerprint density at radius 1 is 1.21 bits per heavy atom. The Morgan fingerprint density at radius 3 is 2.68 bits per heavy atom. The van der Waals surface area contributed by atoms with E-state index in [-0.39, 0.29) is 16.8 Å². The maximum absolute atomic E-state index is 12.7. The number of fused-ring (bicyclic) bond motifs is 1. The molecule has 1 saturated carbocycles. The molecule has 176 valence electrons. The number of benzene rings is 2. The van der Waals surface area contributed by atoms with Crippen molar-refractivity contribution in [1.29, 1.82) is 0 Å². The second-order valence-corrected chi connectivity index (χ2v) is 10.9. The lowest BCUT2D eigenvalue weighted by Gasteiger charge is -2.16. The van der Waals surface area contributed by atoms with Crippen molar-refractivity contribution in [2.75, 3.05) is 19.0 Å². The fourth-order valence-corrected chi connectivity index (χ4v) is 5.71. The van der Waals surface area contributed by atoms with Crippen molar-refractivity contribution in [3.63, 3.8) is 0 Å². The number of hydrogen-bond donors (Lipinski definition) is 1. The number of anilines is 1. The maximum atomic E-state index is 12.7. The van der Waals surface area contributed by atoms with Gasteiger partial charge in [0.25, 0.3) is 5.91 Å². The smallest absolute Gasteiger partial charge is 0.257 e. The highest BCUT2D eigenvalue weighted by molar-refractivity contribution is 7.89. The Hall–Kier alpha value is -3.21. The van der Waals surface area contributed by atoms with Crippen LogP contribution in [0, 0.1) is 0 Å². The number of hydrogen-bond acceptors (Lipinski definition) is 7. The molecule has 1 N–H and O–H groups in total. The number of sulfonamides is 1. The molecule has 10 heteroatoms. The Morgan fingerprint density at radius 2 is 1.97 bits per heavy atom. The van der Waals surface area contributed by atoms with Crippen molar-refractivity contribution in [1.82, 2.24) is 9.29 Å². The Kier molecular flexibility index (Phi) is 5.88. The number of nitrogens with zero attached hydrogens (tertiary/aromatic N) is 2. The lowest BCUT2D eigenvalue weighted by atomic mass is 10.2. The minimum Gasteiger partial charge on any atom is -0.494 e. The van der Waals surface area contributed by atoms with Crippen LogP contribution in [0.3, 0.4) is 0 Å². The molecule has 2 heterocycles. The predicted molar refractivity (Wildman–Crippen MR) is 131 cm³/mol. The third kappa shape index (κ3) is 4.44. The molecule has 2 aromatic heterocycles. The van der Waals surface area contributed by atoms with Crippen LogP contribution in [0.2, 0.25) is 0 Å². The molecule has 1 amide bonds. The molecule has 0 saturated heterocycles. The van der Waals surface area contributed by atoms with E-state index in [0.29, 0.717) is 28.8 Å². The van der Waals surface area contributed by atoms with E-state index in [9.17, 15) is 13.2 Å². The zero-order valence-electron chi connectivity index (χ0n) is 18.6. The molecule has 0 atom stereocenters. The Labute approximate surface area is 201 Å². The number of carbonyl (C=O) groups excluding carboxylic acids is 1. The van der Waals surface area contributed by atoms with E-state index >= 15 is 0 Å². The van der Waals surface area contributed by atoms with Crippen molar-refractivity contribution in [2.45, 2.75) is 30.7 Å². The molecular formula is C24H23N3O5S2. The number of amides is 1. The van der Waals surface area contributed by atoms with E-state index in [4.69, 9.17) is 9.15 Å². The summed E-state index contributed by atoms with van der Waals surface area (Å²) in [6.45, 7) is 2.52. The van der Waals surface area contributed by atoms with Gasteiger partial charge in [-0.3, -0.25) is 10.1 Å². The number of nitrogens with one attached hydrogen (secondary N) is 1. The van der Waals surface area contributed by atoms with Gasteiger partial charge in [-0.15, -0.1) is 11.3 Å². The quantitative estimate of drug-likeness (QED) is 0.368. The standard InChI is InChI=1S/C24H23N3O5S2/c1-3-31-18-8-11-21-16(12-18)13-22(32-21)20-14-33-24(25-20)26-23(28)15-4-9-19(10-5-15)34(29,30)27(2)17-6-7-17/h4-5,8-14,17H,3,6-7H2,1-2H3,(H,25,26,28). The zero-order valence-corrected chi connectivity index (χ0v) is 20.3. The molecule has 0 unspecified atom stereocenters. The van der Waals surface area contributed by atoms with Crippen LogP contribution in [0.25, 0.3) is 22.4 Å². The van der Waals surface area contributed by atoms with Crippen LogP contribution in [0.5, 0.6) is 5.75 Å². The Balaban J connectivity index is 1.29. The van der Waals surface area contributed by atoms with Gasteiger partial charge >= 0.3 is 0 Å². The topological polar surface area (TPSA) is 102 Å². The molecule has 34 heavy (non-hydrogen) atoms. The van der Waals surface area contributed by atoms with E-state index in [2.05, 4.69) is 10.3 Å². The number of thiazole rings is 1. The lowest BCUT2D eigenvalue weighted by Crippen LogP contribution is -2.29. The van der Waals surface area contributed by atoms with Gasteiger partial charge in [-0.1, -0.05) is 0 Å². The van der Waals surface area contributed by atoms with Crippen molar-refractivity contribution in [3.8, 4) is 17.2 Å². The minimum absolute atomic E-state index is 0.0746. The number of ether oxygens (including phenoxy) is 1. The van der Waals surface area contributed by atoms with Crippen molar-refractivity contribution >= 4 is 43.4 Å². The van der Waals surface area contributed by atoms with Crippen LogP contribution in [0.15, 0.2) is 63.2 Å². The fourth-order valence-electron chi connectivity index (χ4n) is 3.60. The highest BCUT2D eigenvalue weighted by atomic mass is 32.2. The van der Waals surface area contributed by atoms with Crippen LogP contribution in [-0.4, -0.2) is 43.3 Å². The average Bonchev–Trinajstić information content (AvgIpc) is 3.43. The molecule has 0 bridgehead atoms. The summed E-state index contributed by atoms with van der Waals surface area (Å²) in [5.41, 5.74) is 1.68. The van der Waals surface area contributed by atoms with Crippen LogP contribution in [0.4, 0.5) is 5.13 Å². The van der Waals surface area contributed by atoms with Crippen LogP contribution in [-0.2, 0) is 10.0 Å². The van der Waals surface area contributed by atoms with Gasteiger partial charge in [0.05, 0.1) is 11.5 Å². The van der Waals surface area contributed by atoms with Gasteiger partial charge in [-0.05, 0) is 68.3 Å². The summed E-state index contributed by atoms with van der Waals surface area (Å²) in [6, 6.07) is 13.5. The summed E-state index contributed by atoms with van der Waals surface area (Å²) in [5.74, 6) is 0.993. The van der Waals surface area contributed by atoms with Gasteiger partial charge < -0.3 is 9.15 Å². The van der Waals surface area contributed by atoms with Gasteiger partial charge in [0.2, 0.25) is 10.0 Å². The van der Waals surface area contributed by atoms with Crippen molar-refractivity contribution in [2.24, 2.45) is 0 Å². The average molecular weight is 498 g/mol. The first-order valence-corrected chi connectivity index (χ1v) is 13.2. The summed E-state index contributed by atoms with van der Waals surface area (Å²) in [4.78, 5) is 17.3. The molecule has 2 aromatic carbocycles. The third-order valence-electron chi connectivity index (χ3n) is 5.63. The van der Waals surface area contributed by atoms with Gasteiger partial charge in [0.1, 0.15) is 17.0 Å². The first kappa shape index (κ1) is 22.6. The summed E-state index contributed by atoms with van der Waals surface area (Å²) in [7, 11) is -1.96. The predicted octanol–water partition coefficient (Wildman–Crippen LogP) is 4.99. The monoisotopic (exact) mass is 497 g/mol. The summed E-state index contributed by atoms with van der Waals surface area (Å²) >= 11 is 1.28. The highest BCUT2D eigenvalue weighted by Crippen LogP contribution is 2.33. The van der Waals surface area contributed by atoms with Gasteiger partial charge in [0, 0.05) is 29.4 Å². The van der Waals surface area contributed by atoms with Crippen molar-refractivity contribution < 1.29 is 22.4 Å². The molecule has 1 aliphatic carbocycles. The minimum atomic E-state index is -3.55. The number of carbonyl (C=O) groups is 1. The van der Waals surface area contributed by atoms with Gasteiger partial charge in [0.15, 0.2) is 10.9 Å². The van der Waals surface area contributed by atoms with E-state index < -0.39 is 10.0 Å². The molecule has 1 aliphatic rings. The largest absolute Gasteiger partial charge is 0.494 e. The van der Waals surface area contributed by atoms with E-state index in [1.54, 1.807) is 12.4 Å². The van der Waals surface area contributed by atoms with Gasteiger partial charge in [-0.25, -0.2) is 13.4 Å².